The third kappa shape index (κ3) is 5.37. The van der Waals surface area contributed by atoms with E-state index in [-0.39, 0.29) is 0 Å². The molecule has 0 aliphatic carbocycles. The molecule has 262 valence electrons. The van der Waals surface area contributed by atoms with E-state index in [1.807, 2.05) is 36.4 Å². The largest absolute Gasteiger partial charge is 0.456 e. The minimum Gasteiger partial charge on any atom is -0.456 e. The number of nitrogens with zero attached hydrogens (tertiary/aromatic N) is 4. The molecule has 0 bridgehead atoms. The Labute approximate surface area is 322 Å². The second kappa shape index (κ2) is 13.0. The average Bonchev–Trinajstić information content (AvgIpc) is 3.83. The van der Waals surface area contributed by atoms with Gasteiger partial charge in [0.05, 0.1) is 16.7 Å². The van der Waals surface area contributed by atoms with Crippen molar-refractivity contribution in [3.05, 3.63) is 194 Å². The van der Waals surface area contributed by atoms with Crippen LogP contribution < -0.4 is 0 Å². The van der Waals surface area contributed by atoms with Crippen LogP contribution in [-0.2, 0) is 0 Å². The second-order valence-corrected chi connectivity index (χ2v) is 14.1. The first kappa shape index (κ1) is 31.9. The molecule has 0 atom stereocenters. The first-order valence-electron chi connectivity index (χ1n) is 18.8. The number of para-hydroxylation sites is 2. The molecule has 4 aromatic heterocycles. The lowest BCUT2D eigenvalue weighted by Crippen LogP contribution is -1.95. The van der Waals surface area contributed by atoms with E-state index in [2.05, 4.69) is 160 Å². The summed E-state index contributed by atoms with van der Waals surface area (Å²) in [5.74, 6) is 0.599. The minimum absolute atomic E-state index is 0.599. The third-order valence-corrected chi connectivity index (χ3v) is 10.7. The van der Waals surface area contributed by atoms with E-state index in [1.165, 1.54) is 16.3 Å². The highest BCUT2D eigenvalue weighted by atomic mass is 16.3. The van der Waals surface area contributed by atoms with Gasteiger partial charge in [-0.1, -0.05) is 115 Å². The summed E-state index contributed by atoms with van der Waals surface area (Å²) in [6, 6.07) is 64.1. The summed E-state index contributed by atoms with van der Waals surface area (Å²) in [5.41, 5.74) is 14.6. The number of pyridine rings is 1. The zero-order valence-electron chi connectivity index (χ0n) is 30.2. The van der Waals surface area contributed by atoms with Crippen molar-refractivity contribution in [2.24, 2.45) is 0 Å². The predicted molar refractivity (Wildman–Crippen MR) is 229 cm³/mol. The van der Waals surface area contributed by atoms with Crippen LogP contribution >= 0.6 is 0 Å². The maximum absolute atomic E-state index is 6.25. The summed E-state index contributed by atoms with van der Waals surface area (Å²) in [7, 11) is 0. The molecular formula is C51H32N4O. The van der Waals surface area contributed by atoms with Crippen molar-refractivity contribution in [3.8, 4) is 61.8 Å². The Morgan fingerprint density at radius 1 is 0.393 bits per heavy atom. The Morgan fingerprint density at radius 3 is 1.95 bits per heavy atom. The van der Waals surface area contributed by atoms with Crippen molar-refractivity contribution in [1.82, 2.24) is 19.5 Å². The fourth-order valence-corrected chi connectivity index (χ4v) is 8.14. The maximum Gasteiger partial charge on any atom is 0.178 e. The molecule has 7 aromatic carbocycles. The standard InChI is InChI=1S/C51H32N4O/c1-2-12-33(13-3-1)44-31-38(32-45(54-44)51-52-26-11-27-53-51)35-15-8-14-34(28-35)36-24-25-47-43(30-36)41-18-4-6-21-46(41)55(47)39-17-9-16-37(29-39)40-20-10-23-49-50(40)42-19-5-7-22-48(42)56-49/h1-32H. The van der Waals surface area contributed by atoms with E-state index in [4.69, 9.17) is 9.40 Å². The Kier molecular flexibility index (Phi) is 7.42. The highest BCUT2D eigenvalue weighted by Crippen LogP contribution is 2.40. The van der Waals surface area contributed by atoms with Crippen LogP contribution in [0.25, 0.3) is 106 Å². The van der Waals surface area contributed by atoms with Crippen LogP contribution in [0.5, 0.6) is 0 Å². The van der Waals surface area contributed by atoms with E-state index >= 15 is 0 Å². The molecule has 0 aliphatic heterocycles. The van der Waals surface area contributed by atoms with Gasteiger partial charge in [-0.3, -0.25) is 0 Å². The summed E-state index contributed by atoms with van der Waals surface area (Å²) in [4.78, 5) is 14.0. The summed E-state index contributed by atoms with van der Waals surface area (Å²) >= 11 is 0. The van der Waals surface area contributed by atoms with Crippen LogP contribution in [0.2, 0.25) is 0 Å². The van der Waals surface area contributed by atoms with Crippen molar-refractivity contribution in [2.45, 2.75) is 0 Å². The van der Waals surface area contributed by atoms with Crippen LogP contribution in [0.3, 0.4) is 0 Å². The van der Waals surface area contributed by atoms with Crippen LogP contribution in [0.15, 0.2) is 199 Å². The quantitative estimate of drug-likeness (QED) is 0.172. The lowest BCUT2D eigenvalue weighted by atomic mass is 9.96. The zero-order valence-corrected chi connectivity index (χ0v) is 30.2. The van der Waals surface area contributed by atoms with Gasteiger partial charge in [0.15, 0.2) is 5.82 Å². The van der Waals surface area contributed by atoms with Gasteiger partial charge >= 0.3 is 0 Å². The van der Waals surface area contributed by atoms with Gasteiger partial charge in [0.2, 0.25) is 0 Å². The summed E-state index contributed by atoms with van der Waals surface area (Å²) in [6.45, 7) is 0. The molecule has 4 heterocycles. The van der Waals surface area contributed by atoms with Gasteiger partial charge < -0.3 is 8.98 Å². The number of benzene rings is 7. The highest BCUT2D eigenvalue weighted by molar-refractivity contribution is 6.13. The van der Waals surface area contributed by atoms with E-state index in [9.17, 15) is 0 Å². The summed E-state index contributed by atoms with van der Waals surface area (Å²) < 4.78 is 8.63. The third-order valence-electron chi connectivity index (χ3n) is 10.7. The smallest absolute Gasteiger partial charge is 0.178 e. The number of hydrogen-bond acceptors (Lipinski definition) is 4. The topological polar surface area (TPSA) is 56.7 Å². The van der Waals surface area contributed by atoms with Crippen molar-refractivity contribution in [1.29, 1.82) is 0 Å². The van der Waals surface area contributed by atoms with Crippen LogP contribution in [0.4, 0.5) is 0 Å². The van der Waals surface area contributed by atoms with Crippen LogP contribution in [0, 0.1) is 0 Å². The molecule has 5 nitrogen and oxygen atoms in total. The molecular weight excluding hydrogens is 685 g/mol. The Balaban J connectivity index is 1.02. The van der Waals surface area contributed by atoms with Gasteiger partial charge in [0.25, 0.3) is 0 Å². The van der Waals surface area contributed by atoms with Crippen molar-refractivity contribution in [3.63, 3.8) is 0 Å². The number of rotatable bonds is 6. The lowest BCUT2D eigenvalue weighted by molar-refractivity contribution is 0.669. The van der Waals surface area contributed by atoms with Crippen molar-refractivity contribution in [2.75, 3.05) is 0 Å². The fourth-order valence-electron chi connectivity index (χ4n) is 8.14. The predicted octanol–water partition coefficient (Wildman–Crippen LogP) is 13.2. The summed E-state index contributed by atoms with van der Waals surface area (Å²) in [5, 5.41) is 4.68. The Bertz CT molecular complexity index is 3200. The molecule has 0 fully saturated rings. The van der Waals surface area contributed by atoms with Gasteiger partial charge in [-0.2, -0.15) is 0 Å². The number of aromatic nitrogens is 4. The van der Waals surface area contributed by atoms with Gasteiger partial charge in [-0.05, 0) is 100 Å². The Morgan fingerprint density at radius 2 is 1.05 bits per heavy atom. The molecule has 56 heavy (non-hydrogen) atoms. The Hall–Kier alpha value is -7.63. The minimum atomic E-state index is 0.599. The maximum atomic E-state index is 6.25. The second-order valence-electron chi connectivity index (χ2n) is 14.1. The number of fused-ring (bicyclic) bond motifs is 6. The van der Waals surface area contributed by atoms with Gasteiger partial charge in [-0.25, -0.2) is 15.0 Å². The van der Waals surface area contributed by atoms with E-state index < -0.39 is 0 Å². The van der Waals surface area contributed by atoms with Gasteiger partial charge in [0, 0.05) is 45.2 Å². The normalized spacial score (nSPS) is 11.6. The van der Waals surface area contributed by atoms with Gasteiger partial charge in [-0.15, -0.1) is 0 Å². The SMILES string of the molecule is c1ccc(-c2cc(-c3cccc(-c4ccc5c(c4)c4ccccc4n5-c4cccc(-c5cccc6oc7ccccc7c56)c4)c3)cc(-c3ncccn3)n2)cc1. The van der Waals surface area contributed by atoms with E-state index in [1.54, 1.807) is 12.4 Å². The fraction of sp³-hybridized carbons (Fsp3) is 0. The first-order chi connectivity index (χ1) is 27.7. The molecule has 0 amide bonds. The average molecular weight is 717 g/mol. The molecule has 0 N–H and O–H groups in total. The van der Waals surface area contributed by atoms with Crippen LogP contribution in [-0.4, -0.2) is 19.5 Å². The van der Waals surface area contributed by atoms with Crippen molar-refractivity contribution >= 4 is 43.7 Å². The molecule has 11 rings (SSSR count). The number of hydrogen-bond donors (Lipinski definition) is 0. The zero-order chi connectivity index (χ0) is 37.0. The molecule has 0 aliphatic rings. The van der Waals surface area contributed by atoms with Crippen molar-refractivity contribution < 1.29 is 4.42 Å². The lowest BCUT2D eigenvalue weighted by Gasteiger charge is -2.12. The van der Waals surface area contributed by atoms with Crippen LogP contribution in [0.1, 0.15) is 0 Å². The monoisotopic (exact) mass is 716 g/mol. The molecule has 0 unspecified atom stereocenters. The molecule has 0 spiro atoms. The summed E-state index contributed by atoms with van der Waals surface area (Å²) in [6.07, 6.45) is 3.51. The molecule has 11 aromatic rings. The molecule has 0 saturated heterocycles. The highest BCUT2D eigenvalue weighted by Gasteiger charge is 2.17. The number of furan rings is 1. The van der Waals surface area contributed by atoms with E-state index in [0.717, 1.165) is 83.5 Å². The van der Waals surface area contributed by atoms with Gasteiger partial charge in [0.1, 0.15) is 16.9 Å². The first-order valence-corrected chi connectivity index (χ1v) is 18.8. The molecule has 0 radical (unpaired) electrons. The van der Waals surface area contributed by atoms with E-state index in [0.29, 0.717) is 5.82 Å². The molecule has 5 heteroatoms. The molecule has 0 saturated carbocycles.